The van der Waals surface area contributed by atoms with Gasteiger partial charge in [0.2, 0.25) is 11.8 Å². The molecule has 29 heavy (non-hydrogen) atoms. The summed E-state index contributed by atoms with van der Waals surface area (Å²) < 4.78 is 6.07. The zero-order chi connectivity index (χ0) is 21.2. The van der Waals surface area contributed by atoms with Crippen LogP contribution >= 0.6 is 22.6 Å². The van der Waals surface area contributed by atoms with E-state index in [0.29, 0.717) is 0 Å². The van der Waals surface area contributed by atoms with E-state index in [-0.39, 0.29) is 13.0 Å². The van der Waals surface area contributed by atoms with Crippen LogP contribution in [0.25, 0.3) is 0 Å². The minimum absolute atomic E-state index is 0.0170. The molecular weight excluding hydrogens is 489 g/mol. The van der Waals surface area contributed by atoms with Gasteiger partial charge in [-0.2, -0.15) is 0 Å². The molecule has 2 aromatic carbocycles. The van der Waals surface area contributed by atoms with Crippen LogP contribution in [0, 0.1) is 3.57 Å². The quantitative estimate of drug-likeness (QED) is 0.375. The number of nitrogens with two attached hydrogens (primary N) is 1. The molecule has 0 heterocycles. The molecule has 0 aliphatic rings. The molecule has 0 saturated heterocycles. The first-order chi connectivity index (χ1) is 13.9. The number of aliphatic hydroxyl groups excluding tert-OH is 1. The molecule has 8 nitrogen and oxygen atoms in total. The van der Waals surface area contributed by atoms with Gasteiger partial charge in [0, 0.05) is 9.99 Å². The van der Waals surface area contributed by atoms with E-state index >= 15 is 0 Å². The van der Waals surface area contributed by atoms with Gasteiger partial charge >= 0.3 is 6.09 Å². The topological polar surface area (TPSA) is 131 Å². The first kappa shape index (κ1) is 22.6. The third kappa shape index (κ3) is 7.70. The summed E-state index contributed by atoms with van der Waals surface area (Å²) in [6.07, 6.45) is -0.675. The molecule has 2 atom stereocenters. The van der Waals surface area contributed by atoms with E-state index in [1.807, 2.05) is 30.3 Å². The molecule has 2 aromatic rings. The molecule has 0 bridgehead atoms. The number of aliphatic hydroxyl groups is 1. The van der Waals surface area contributed by atoms with Crippen molar-refractivity contribution in [1.82, 2.24) is 10.6 Å². The number of halogens is 1. The number of benzene rings is 2. The Hall–Kier alpha value is -2.66. The van der Waals surface area contributed by atoms with E-state index in [4.69, 9.17) is 10.5 Å². The molecule has 154 valence electrons. The predicted molar refractivity (Wildman–Crippen MR) is 115 cm³/mol. The van der Waals surface area contributed by atoms with Crippen LogP contribution in [0.1, 0.15) is 11.1 Å². The second-order valence-electron chi connectivity index (χ2n) is 6.24. The molecule has 0 aliphatic heterocycles. The summed E-state index contributed by atoms with van der Waals surface area (Å²) in [4.78, 5) is 36.0. The first-order valence-corrected chi connectivity index (χ1v) is 9.89. The lowest BCUT2D eigenvalue weighted by Gasteiger charge is -2.20. The summed E-state index contributed by atoms with van der Waals surface area (Å²) in [6, 6.07) is 14.1. The first-order valence-electron chi connectivity index (χ1n) is 8.81. The fourth-order valence-electron chi connectivity index (χ4n) is 2.45. The summed E-state index contributed by atoms with van der Waals surface area (Å²) in [5, 5.41) is 14.2. The molecule has 0 radical (unpaired) electrons. The Morgan fingerprint density at radius 3 is 2.21 bits per heavy atom. The van der Waals surface area contributed by atoms with E-state index in [1.165, 1.54) is 0 Å². The van der Waals surface area contributed by atoms with Crippen molar-refractivity contribution < 1.29 is 24.2 Å². The molecule has 0 saturated carbocycles. The Morgan fingerprint density at radius 2 is 1.62 bits per heavy atom. The minimum Gasteiger partial charge on any atom is -0.445 e. The summed E-state index contributed by atoms with van der Waals surface area (Å²) in [7, 11) is 0. The number of hydrogen-bond acceptors (Lipinski definition) is 5. The Bertz CT molecular complexity index is 830. The van der Waals surface area contributed by atoms with Gasteiger partial charge in [0.15, 0.2) is 0 Å². The number of primary amides is 1. The van der Waals surface area contributed by atoms with Crippen LogP contribution in [0.2, 0.25) is 0 Å². The van der Waals surface area contributed by atoms with Gasteiger partial charge < -0.3 is 26.2 Å². The van der Waals surface area contributed by atoms with Crippen molar-refractivity contribution in [1.29, 1.82) is 0 Å². The molecule has 9 heteroatoms. The highest BCUT2D eigenvalue weighted by Crippen LogP contribution is 2.09. The maximum atomic E-state index is 12.4. The molecule has 0 unspecified atom stereocenters. The van der Waals surface area contributed by atoms with Crippen LogP contribution in [-0.4, -0.2) is 41.7 Å². The van der Waals surface area contributed by atoms with Crippen molar-refractivity contribution in [2.75, 3.05) is 6.61 Å². The smallest absolute Gasteiger partial charge is 0.408 e. The summed E-state index contributed by atoms with van der Waals surface area (Å²) >= 11 is 2.16. The van der Waals surface area contributed by atoms with Gasteiger partial charge in [-0.25, -0.2) is 4.79 Å². The SMILES string of the molecule is NC(=O)[C@@H](Cc1ccc(I)cc1)NC(=O)[C@H](CO)NC(=O)OCc1ccccc1. The minimum atomic E-state index is -1.28. The Kier molecular flexibility index (Phi) is 8.87. The lowest BCUT2D eigenvalue weighted by Crippen LogP contribution is -2.54. The number of carbonyl (C=O) groups excluding carboxylic acids is 3. The number of hydrogen-bond donors (Lipinski definition) is 4. The molecule has 0 fully saturated rings. The van der Waals surface area contributed by atoms with Gasteiger partial charge in [-0.1, -0.05) is 42.5 Å². The van der Waals surface area contributed by atoms with E-state index in [9.17, 15) is 19.5 Å². The average molecular weight is 511 g/mol. The van der Waals surface area contributed by atoms with E-state index < -0.39 is 36.6 Å². The van der Waals surface area contributed by atoms with Gasteiger partial charge in [0.05, 0.1) is 6.61 Å². The number of alkyl carbamates (subject to hydrolysis) is 1. The van der Waals surface area contributed by atoms with Gasteiger partial charge in [-0.05, 0) is 45.9 Å². The predicted octanol–water partition coefficient (Wildman–Crippen LogP) is 1.09. The third-order valence-electron chi connectivity index (χ3n) is 4.02. The van der Waals surface area contributed by atoms with Crippen LogP contribution in [0.4, 0.5) is 4.79 Å². The zero-order valence-corrected chi connectivity index (χ0v) is 17.7. The number of ether oxygens (including phenoxy) is 1. The van der Waals surface area contributed by atoms with Crippen molar-refractivity contribution in [3.8, 4) is 0 Å². The van der Waals surface area contributed by atoms with Crippen LogP contribution in [0.5, 0.6) is 0 Å². The Morgan fingerprint density at radius 1 is 0.966 bits per heavy atom. The Balaban J connectivity index is 1.91. The van der Waals surface area contributed by atoms with Crippen molar-refractivity contribution >= 4 is 40.5 Å². The van der Waals surface area contributed by atoms with Gasteiger partial charge in [-0.3, -0.25) is 9.59 Å². The maximum absolute atomic E-state index is 12.4. The highest BCUT2D eigenvalue weighted by Gasteiger charge is 2.25. The van der Waals surface area contributed by atoms with E-state index in [2.05, 4.69) is 33.2 Å². The molecule has 0 spiro atoms. The number of nitrogens with one attached hydrogen (secondary N) is 2. The largest absolute Gasteiger partial charge is 0.445 e. The fraction of sp³-hybridized carbons (Fsp3) is 0.250. The number of carbonyl (C=O) groups is 3. The van der Waals surface area contributed by atoms with Crippen molar-refractivity contribution in [2.24, 2.45) is 5.73 Å². The van der Waals surface area contributed by atoms with Crippen molar-refractivity contribution in [3.63, 3.8) is 0 Å². The van der Waals surface area contributed by atoms with Gasteiger partial charge in [0.25, 0.3) is 0 Å². The van der Waals surface area contributed by atoms with Crippen LogP contribution in [0.15, 0.2) is 54.6 Å². The molecule has 2 rings (SSSR count). The molecular formula is C20H22IN3O5. The summed E-state index contributed by atoms with van der Waals surface area (Å²) in [5.41, 5.74) is 6.98. The van der Waals surface area contributed by atoms with E-state index in [0.717, 1.165) is 14.7 Å². The van der Waals surface area contributed by atoms with Crippen LogP contribution in [-0.2, 0) is 27.4 Å². The maximum Gasteiger partial charge on any atom is 0.408 e. The van der Waals surface area contributed by atoms with E-state index in [1.54, 1.807) is 24.3 Å². The number of amides is 3. The normalized spacial score (nSPS) is 12.5. The Labute approximate surface area is 182 Å². The molecule has 0 aromatic heterocycles. The zero-order valence-electron chi connectivity index (χ0n) is 15.5. The van der Waals surface area contributed by atoms with Crippen LogP contribution in [0.3, 0.4) is 0 Å². The lowest BCUT2D eigenvalue weighted by atomic mass is 10.1. The second kappa shape index (κ2) is 11.4. The van der Waals surface area contributed by atoms with Crippen molar-refractivity contribution in [3.05, 3.63) is 69.3 Å². The third-order valence-corrected chi connectivity index (χ3v) is 4.74. The molecule has 0 aliphatic carbocycles. The summed E-state index contributed by atoms with van der Waals surface area (Å²) in [6.45, 7) is -0.648. The van der Waals surface area contributed by atoms with Gasteiger partial charge in [0.1, 0.15) is 18.7 Å². The lowest BCUT2D eigenvalue weighted by molar-refractivity contribution is -0.129. The standard InChI is InChI=1S/C20H22IN3O5/c21-15-8-6-13(7-9-15)10-16(18(22)26)23-19(27)17(11-25)24-20(28)29-12-14-4-2-1-3-5-14/h1-9,16-17,25H,10-12H2,(H2,22,26)(H,23,27)(H,24,28)/t16-,17+/m1/s1. The monoisotopic (exact) mass is 511 g/mol. The summed E-state index contributed by atoms with van der Waals surface area (Å²) in [5.74, 6) is -1.46. The fourth-order valence-corrected chi connectivity index (χ4v) is 2.81. The van der Waals surface area contributed by atoms with Gasteiger partial charge in [-0.15, -0.1) is 0 Å². The highest BCUT2D eigenvalue weighted by atomic mass is 127. The second-order valence-corrected chi connectivity index (χ2v) is 7.48. The van der Waals surface area contributed by atoms with Crippen LogP contribution < -0.4 is 16.4 Å². The average Bonchev–Trinajstić information content (AvgIpc) is 2.72. The molecule has 3 amide bonds. The van der Waals surface area contributed by atoms with Crippen molar-refractivity contribution in [2.45, 2.75) is 25.1 Å². The molecule has 5 N–H and O–H groups in total. The highest BCUT2D eigenvalue weighted by molar-refractivity contribution is 14.1. The number of rotatable bonds is 9.